The van der Waals surface area contributed by atoms with Crippen LogP contribution in [0.15, 0.2) is 48.0 Å². The average molecular weight is 454 g/mol. The zero-order valence-electron chi connectivity index (χ0n) is 18.7. The maximum atomic E-state index is 14.8. The maximum Gasteiger partial charge on any atom is 0.295 e. The minimum Gasteiger partial charge on any atom is -0.872 e. The van der Waals surface area contributed by atoms with Gasteiger partial charge in [0.15, 0.2) is 11.5 Å². The molecule has 1 unspecified atom stereocenters. The Morgan fingerprint density at radius 1 is 1.09 bits per heavy atom. The number of carbonyl (C=O) groups is 2. The number of ketones is 1. The summed E-state index contributed by atoms with van der Waals surface area (Å²) in [4.78, 5) is 28.6. The summed E-state index contributed by atoms with van der Waals surface area (Å²) in [7, 11) is 0. The lowest BCUT2D eigenvalue weighted by molar-refractivity contribution is -0.895. The Balaban J connectivity index is 1.80. The van der Waals surface area contributed by atoms with Gasteiger partial charge in [-0.05, 0) is 37.6 Å². The second kappa shape index (κ2) is 9.62. The first-order valence-corrected chi connectivity index (χ1v) is 11.2. The van der Waals surface area contributed by atoms with Crippen LogP contribution < -0.4 is 19.5 Å². The van der Waals surface area contributed by atoms with Crippen LogP contribution in [0.2, 0.25) is 0 Å². The molecule has 1 N–H and O–H groups in total. The number of benzene rings is 2. The zero-order chi connectivity index (χ0) is 23.5. The van der Waals surface area contributed by atoms with Crippen LogP contribution in [0.1, 0.15) is 31.0 Å². The smallest absolute Gasteiger partial charge is 0.295 e. The van der Waals surface area contributed by atoms with Crippen molar-refractivity contribution in [2.45, 2.75) is 19.9 Å². The van der Waals surface area contributed by atoms with Gasteiger partial charge in [-0.3, -0.25) is 9.59 Å². The summed E-state index contributed by atoms with van der Waals surface area (Å²) in [5.41, 5.74) is 0.0800. The van der Waals surface area contributed by atoms with Crippen LogP contribution in [0.5, 0.6) is 11.5 Å². The van der Waals surface area contributed by atoms with Crippen LogP contribution >= 0.6 is 0 Å². The van der Waals surface area contributed by atoms with E-state index in [1.165, 1.54) is 40.1 Å². The van der Waals surface area contributed by atoms with Gasteiger partial charge in [0.2, 0.25) is 5.78 Å². The highest BCUT2D eigenvalue weighted by molar-refractivity contribution is 6.46. The fourth-order valence-corrected chi connectivity index (χ4v) is 4.34. The Labute approximate surface area is 192 Å². The Hall–Kier alpha value is -3.39. The summed E-state index contributed by atoms with van der Waals surface area (Å²) in [6.07, 6.45) is 0. The van der Waals surface area contributed by atoms with Crippen molar-refractivity contribution in [1.29, 1.82) is 0 Å². The number of nitrogens with one attached hydrogen (secondary N) is 1. The molecule has 8 heteroatoms. The van der Waals surface area contributed by atoms with Gasteiger partial charge in [-0.25, -0.2) is 4.39 Å². The monoisotopic (exact) mass is 454 g/mol. The van der Waals surface area contributed by atoms with Crippen LogP contribution in [0.4, 0.5) is 4.39 Å². The van der Waals surface area contributed by atoms with E-state index in [9.17, 15) is 19.1 Å². The van der Waals surface area contributed by atoms with E-state index in [-0.39, 0.29) is 23.2 Å². The van der Waals surface area contributed by atoms with Gasteiger partial charge in [0.25, 0.3) is 5.91 Å². The van der Waals surface area contributed by atoms with Crippen molar-refractivity contribution < 1.29 is 33.5 Å². The molecule has 174 valence electrons. The lowest BCUT2D eigenvalue weighted by atomic mass is 9.94. The summed E-state index contributed by atoms with van der Waals surface area (Å²) >= 11 is 0. The molecule has 0 spiro atoms. The number of carbonyl (C=O) groups excluding carboxylic acids is 2. The number of fused-ring (bicyclic) bond motifs is 1. The lowest BCUT2D eigenvalue weighted by Crippen LogP contribution is -3.12. The predicted molar refractivity (Wildman–Crippen MR) is 117 cm³/mol. The topological polar surface area (TPSA) is 83.3 Å². The van der Waals surface area contributed by atoms with Crippen molar-refractivity contribution in [1.82, 2.24) is 4.90 Å². The van der Waals surface area contributed by atoms with Crippen molar-refractivity contribution in [2.24, 2.45) is 0 Å². The van der Waals surface area contributed by atoms with Crippen LogP contribution in [0.25, 0.3) is 5.76 Å². The number of halogens is 1. The van der Waals surface area contributed by atoms with Gasteiger partial charge in [0, 0.05) is 11.1 Å². The first kappa shape index (κ1) is 22.8. The number of hydrogen-bond acceptors (Lipinski definition) is 5. The molecule has 2 heterocycles. The molecular formula is C25H27FN2O5. The summed E-state index contributed by atoms with van der Waals surface area (Å²) in [5, 5.41) is 13.5. The second-order valence-corrected chi connectivity index (χ2v) is 8.06. The summed E-state index contributed by atoms with van der Waals surface area (Å²) < 4.78 is 25.9. The van der Waals surface area contributed by atoms with Crippen molar-refractivity contribution in [2.75, 3.05) is 39.4 Å². The van der Waals surface area contributed by atoms with E-state index >= 15 is 0 Å². The Bertz CT molecular complexity index is 1100. The molecule has 2 aliphatic rings. The largest absolute Gasteiger partial charge is 0.872 e. The number of likely N-dealkylation sites (N-methyl/N-ethyl adjacent to an activating group) is 1. The molecule has 0 bridgehead atoms. The first-order valence-electron chi connectivity index (χ1n) is 11.2. The van der Waals surface area contributed by atoms with E-state index in [2.05, 4.69) is 0 Å². The first-order chi connectivity index (χ1) is 16.0. The van der Waals surface area contributed by atoms with E-state index < -0.39 is 29.3 Å². The third-order valence-corrected chi connectivity index (χ3v) is 6.24. The number of rotatable bonds is 7. The number of hydrogen-bond donors (Lipinski definition) is 1. The number of likely N-dealkylation sites (tertiary alicyclic amines) is 1. The number of quaternary nitrogens is 1. The normalized spacial score (nSPS) is 19.4. The quantitative estimate of drug-likeness (QED) is 0.379. The molecule has 1 saturated heterocycles. The summed E-state index contributed by atoms with van der Waals surface area (Å²) in [6, 6.07) is 9.49. The highest BCUT2D eigenvalue weighted by atomic mass is 19.1. The third kappa shape index (κ3) is 4.30. The highest BCUT2D eigenvalue weighted by Crippen LogP contribution is 2.40. The van der Waals surface area contributed by atoms with Gasteiger partial charge in [-0.15, -0.1) is 0 Å². The van der Waals surface area contributed by atoms with Crippen LogP contribution in [0, 0.1) is 5.82 Å². The number of Topliss-reactive ketones (excluding diaryl/α,β-unsaturated/α-hetero) is 1. The SMILES string of the molecule is CC[NH+](CC)CCN1C(=O)C(=O)/C(=C(/[O-])c2ccc3c(c2)OCCO3)C1c1ccccc1F. The Kier molecular flexibility index (Phi) is 6.65. The van der Waals surface area contributed by atoms with E-state index in [0.717, 1.165) is 13.1 Å². The van der Waals surface area contributed by atoms with Gasteiger partial charge < -0.3 is 24.4 Å². The predicted octanol–water partition coefficient (Wildman–Crippen LogP) is 0.746. The molecule has 2 aromatic carbocycles. The number of nitrogens with zero attached hydrogens (tertiary/aromatic N) is 1. The van der Waals surface area contributed by atoms with Crippen molar-refractivity contribution in [3.8, 4) is 11.5 Å². The standard InChI is InChI=1S/C25H27FN2O5/c1-3-27(4-2)11-12-28-22(17-7-5-6-8-18(17)26)21(24(30)25(28)31)23(29)16-9-10-19-20(15-16)33-14-13-32-19/h5-10,15,22,29H,3-4,11-14H2,1-2H3/b23-21+. The minimum atomic E-state index is -1.08. The molecule has 7 nitrogen and oxygen atoms in total. The molecule has 0 radical (unpaired) electrons. The number of ether oxygens (including phenoxy) is 2. The number of amides is 1. The van der Waals surface area contributed by atoms with Gasteiger partial charge in [0.1, 0.15) is 19.0 Å². The van der Waals surface area contributed by atoms with Crippen LogP contribution in [0.3, 0.4) is 0 Å². The molecule has 2 aliphatic heterocycles. The Morgan fingerprint density at radius 2 is 1.79 bits per heavy atom. The zero-order valence-corrected chi connectivity index (χ0v) is 18.7. The molecule has 4 rings (SSSR count). The molecule has 1 amide bonds. The van der Waals surface area contributed by atoms with Crippen LogP contribution in [-0.4, -0.2) is 56.0 Å². The molecule has 0 aliphatic carbocycles. The van der Waals surface area contributed by atoms with Gasteiger partial charge in [0.05, 0.1) is 32.2 Å². The average Bonchev–Trinajstić information content (AvgIpc) is 3.09. The van der Waals surface area contributed by atoms with E-state index in [1.54, 1.807) is 12.1 Å². The van der Waals surface area contributed by atoms with Crippen molar-refractivity contribution >= 4 is 17.4 Å². The van der Waals surface area contributed by atoms with Crippen molar-refractivity contribution in [3.63, 3.8) is 0 Å². The molecule has 0 saturated carbocycles. The lowest BCUT2D eigenvalue weighted by Gasteiger charge is -2.29. The Morgan fingerprint density at radius 3 is 2.48 bits per heavy atom. The maximum absolute atomic E-state index is 14.8. The third-order valence-electron chi connectivity index (χ3n) is 6.24. The van der Waals surface area contributed by atoms with E-state index in [0.29, 0.717) is 31.3 Å². The summed E-state index contributed by atoms with van der Waals surface area (Å²) in [5.74, 6) is -1.96. The minimum absolute atomic E-state index is 0.132. The van der Waals surface area contributed by atoms with Crippen molar-refractivity contribution in [3.05, 3.63) is 65.0 Å². The second-order valence-electron chi connectivity index (χ2n) is 8.06. The highest BCUT2D eigenvalue weighted by Gasteiger charge is 2.45. The van der Waals surface area contributed by atoms with Gasteiger partial charge >= 0.3 is 0 Å². The summed E-state index contributed by atoms with van der Waals surface area (Å²) in [6.45, 7) is 7.34. The van der Waals surface area contributed by atoms with Gasteiger partial charge in [-0.2, -0.15) is 0 Å². The fraction of sp³-hybridized carbons (Fsp3) is 0.360. The van der Waals surface area contributed by atoms with E-state index in [4.69, 9.17) is 9.47 Å². The van der Waals surface area contributed by atoms with Gasteiger partial charge in [-0.1, -0.05) is 30.0 Å². The molecule has 0 aromatic heterocycles. The fourth-order valence-electron chi connectivity index (χ4n) is 4.34. The molecular weight excluding hydrogens is 427 g/mol. The molecule has 2 aromatic rings. The molecule has 1 atom stereocenters. The molecule has 33 heavy (non-hydrogen) atoms. The molecule has 1 fully saturated rings. The van der Waals surface area contributed by atoms with Crippen LogP contribution in [-0.2, 0) is 9.59 Å². The van der Waals surface area contributed by atoms with E-state index in [1.807, 2.05) is 13.8 Å².